The van der Waals surface area contributed by atoms with Crippen molar-refractivity contribution < 1.29 is 9.53 Å². The summed E-state index contributed by atoms with van der Waals surface area (Å²) in [7, 11) is 0. The molecule has 0 unspecified atom stereocenters. The van der Waals surface area contributed by atoms with E-state index in [-0.39, 0.29) is 6.09 Å². The Balaban J connectivity index is 1.69. The van der Waals surface area contributed by atoms with Gasteiger partial charge in [-0.2, -0.15) is 0 Å². The van der Waals surface area contributed by atoms with Crippen LogP contribution in [0.25, 0.3) is 10.8 Å². The third-order valence-corrected chi connectivity index (χ3v) is 3.27. The second kappa shape index (κ2) is 7.81. The molecule has 0 aliphatic carbocycles. The average molecular weight is 315 g/mol. The molecule has 0 fully saturated rings. The van der Waals surface area contributed by atoms with E-state index in [0.717, 1.165) is 30.5 Å². The van der Waals surface area contributed by atoms with Crippen LogP contribution in [0.5, 0.6) is 0 Å². The third-order valence-electron chi connectivity index (χ3n) is 3.27. The van der Waals surface area contributed by atoms with Crippen LogP contribution in [0.1, 0.15) is 33.6 Å². The first-order chi connectivity index (χ1) is 11.0. The molecule has 23 heavy (non-hydrogen) atoms. The van der Waals surface area contributed by atoms with Gasteiger partial charge in [0.1, 0.15) is 5.60 Å². The zero-order chi connectivity index (χ0) is 16.7. The Morgan fingerprint density at radius 2 is 1.96 bits per heavy atom. The zero-order valence-corrected chi connectivity index (χ0v) is 14.1. The molecule has 0 atom stereocenters. The van der Waals surface area contributed by atoms with E-state index in [1.54, 1.807) is 6.20 Å². The van der Waals surface area contributed by atoms with Gasteiger partial charge in [0.25, 0.3) is 0 Å². The van der Waals surface area contributed by atoms with E-state index < -0.39 is 5.60 Å². The van der Waals surface area contributed by atoms with Crippen LogP contribution in [0.15, 0.2) is 36.7 Å². The first-order valence-electron chi connectivity index (χ1n) is 7.99. The number of nitrogens with one attached hydrogen (secondary N) is 2. The number of hydrogen-bond donors (Lipinski definition) is 2. The third kappa shape index (κ3) is 5.77. The van der Waals surface area contributed by atoms with Gasteiger partial charge in [0.05, 0.1) is 0 Å². The summed E-state index contributed by atoms with van der Waals surface area (Å²) in [6.45, 7) is 7.05. The highest BCUT2D eigenvalue weighted by molar-refractivity contribution is 5.93. The molecule has 2 aromatic rings. The Morgan fingerprint density at radius 3 is 2.74 bits per heavy atom. The molecule has 1 heterocycles. The summed E-state index contributed by atoms with van der Waals surface area (Å²) in [5.41, 5.74) is 0.666. The molecule has 0 saturated heterocycles. The molecule has 0 radical (unpaired) electrons. The predicted molar refractivity (Wildman–Crippen MR) is 93.7 cm³/mol. The van der Waals surface area contributed by atoms with Crippen molar-refractivity contribution in [3.8, 4) is 0 Å². The summed E-state index contributed by atoms with van der Waals surface area (Å²) in [6, 6.07) is 8.16. The smallest absolute Gasteiger partial charge is 0.407 e. The molecule has 1 aromatic heterocycles. The van der Waals surface area contributed by atoms with Gasteiger partial charge in [-0.25, -0.2) is 4.79 Å². The maximum absolute atomic E-state index is 11.5. The van der Waals surface area contributed by atoms with Gasteiger partial charge in [0, 0.05) is 41.9 Å². The molecule has 0 aliphatic heterocycles. The Bertz CT molecular complexity index is 645. The minimum absolute atomic E-state index is 0.355. The average Bonchev–Trinajstić information content (AvgIpc) is 2.49. The van der Waals surface area contributed by atoms with Crippen LogP contribution in [0.2, 0.25) is 0 Å². The van der Waals surface area contributed by atoms with Crippen molar-refractivity contribution in [2.75, 3.05) is 18.4 Å². The number of pyridine rings is 1. The van der Waals surface area contributed by atoms with Crippen molar-refractivity contribution >= 4 is 22.6 Å². The highest BCUT2D eigenvalue weighted by Crippen LogP contribution is 2.21. The van der Waals surface area contributed by atoms with Crippen LogP contribution in [0.3, 0.4) is 0 Å². The zero-order valence-electron chi connectivity index (χ0n) is 14.1. The number of aromatic nitrogens is 1. The fourth-order valence-electron chi connectivity index (χ4n) is 2.25. The maximum Gasteiger partial charge on any atom is 0.407 e. The Hall–Kier alpha value is -2.30. The number of unbranched alkanes of at least 4 members (excludes halogenated alkanes) is 1. The van der Waals surface area contributed by atoms with E-state index in [1.165, 1.54) is 5.39 Å². The van der Waals surface area contributed by atoms with E-state index >= 15 is 0 Å². The summed E-state index contributed by atoms with van der Waals surface area (Å²) in [5, 5.41) is 8.52. The van der Waals surface area contributed by atoms with Gasteiger partial charge in [0.2, 0.25) is 0 Å². The predicted octanol–water partition coefficient (Wildman–Crippen LogP) is 3.95. The summed E-state index contributed by atoms with van der Waals surface area (Å²) >= 11 is 0. The number of ether oxygens (including phenoxy) is 1. The lowest BCUT2D eigenvalue weighted by Gasteiger charge is -2.19. The first kappa shape index (κ1) is 17.1. The van der Waals surface area contributed by atoms with Crippen LogP contribution in [0.4, 0.5) is 10.5 Å². The Labute approximate surface area is 137 Å². The second-order valence-corrected chi connectivity index (χ2v) is 6.46. The molecule has 0 saturated carbocycles. The molecular weight excluding hydrogens is 290 g/mol. The van der Waals surface area contributed by atoms with Crippen molar-refractivity contribution in [2.24, 2.45) is 0 Å². The van der Waals surface area contributed by atoms with Crippen LogP contribution < -0.4 is 10.6 Å². The quantitative estimate of drug-likeness (QED) is 0.792. The number of amides is 1. The Morgan fingerprint density at radius 1 is 1.17 bits per heavy atom. The Kier molecular flexibility index (Phi) is 5.79. The summed E-state index contributed by atoms with van der Waals surface area (Å²) in [5.74, 6) is 0. The normalized spacial score (nSPS) is 11.3. The van der Waals surface area contributed by atoms with Gasteiger partial charge in [0.15, 0.2) is 0 Å². The number of alkyl carbamates (subject to hydrolysis) is 1. The number of nitrogens with zero attached hydrogens (tertiary/aromatic N) is 1. The maximum atomic E-state index is 11.5. The SMILES string of the molecule is CC(C)(C)OC(=O)NCCCCNc1cccc2cnccc12. The molecule has 2 N–H and O–H groups in total. The standard InChI is InChI=1S/C18H25N3O2/c1-18(2,3)23-17(22)21-11-5-4-10-20-16-8-6-7-14-13-19-12-9-15(14)16/h6-9,12-13,20H,4-5,10-11H2,1-3H3,(H,21,22). The van der Waals surface area contributed by atoms with Crippen molar-refractivity contribution in [3.05, 3.63) is 36.7 Å². The lowest BCUT2D eigenvalue weighted by atomic mass is 10.1. The van der Waals surface area contributed by atoms with Gasteiger partial charge in [-0.1, -0.05) is 12.1 Å². The first-order valence-corrected chi connectivity index (χ1v) is 7.99. The van der Waals surface area contributed by atoms with Crippen LogP contribution in [-0.2, 0) is 4.74 Å². The number of carbonyl (C=O) groups excluding carboxylic acids is 1. The van der Waals surface area contributed by atoms with Crippen LogP contribution >= 0.6 is 0 Å². The van der Waals surface area contributed by atoms with E-state index in [0.29, 0.717) is 6.54 Å². The number of anilines is 1. The molecule has 0 spiro atoms. The van der Waals surface area contributed by atoms with Crippen molar-refractivity contribution in [2.45, 2.75) is 39.2 Å². The van der Waals surface area contributed by atoms with Gasteiger partial charge >= 0.3 is 6.09 Å². The lowest BCUT2D eigenvalue weighted by Crippen LogP contribution is -2.33. The molecule has 1 amide bonds. The lowest BCUT2D eigenvalue weighted by molar-refractivity contribution is 0.0527. The largest absolute Gasteiger partial charge is 0.444 e. The minimum Gasteiger partial charge on any atom is -0.444 e. The molecule has 0 bridgehead atoms. The second-order valence-electron chi connectivity index (χ2n) is 6.46. The monoisotopic (exact) mass is 315 g/mol. The summed E-state index contributed by atoms with van der Waals surface area (Å²) < 4.78 is 5.19. The van der Waals surface area contributed by atoms with Crippen molar-refractivity contribution in [3.63, 3.8) is 0 Å². The number of benzene rings is 1. The molecule has 2 rings (SSSR count). The van der Waals surface area contributed by atoms with E-state index in [1.807, 2.05) is 39.1 Å². The number of rotatable bonds is 6. The number of hydrogen-bond acceptors (Lipinski definition) is 4. The van der Waals surface area contributed by atoms with Crippen molar-refractivity contribution in [1.82, 2.24) is 10.3 Å². The van der Waals surface area contributed by atoms with Crippen LogP contribution in [-0.4, -0.2) is 29.8 Å². The van der Waals surface area contributed by atoms with Gasteiger partial charge in [-0.05, 0) is 45.7 Å². The fraction of sp³-hybridized carbons (Fsp3) is 0.444. The van der Waals surface area contributed by atoms with E-state index in [9.17, 15) is 4.79 Å². The van der Waals surface area contributed by atoms with Gasteiger partial charge < -0.3 is 15.4 Å². The van der Waals surface area contributed by atoms with Gasteiger partial charge in [-0.15, -0.1) is 0 Å². The molecule has 0 aliphatic rings. The van der Waals surface area contributed by atoms with Gasteiger partial charge in [-0.3, -0.25) is 4.98 Å². The summed E-state index contributed by atoms with van der Waals surface area (Å²) in [4.78, 5) is 15.6. The minimum atomic E-state index is -0.450. The molecule has 5 heteroatoms. The van der Waals surface area contributed by atoms with E-state index in [4.69, 9.17) is 4.74 Å². The summed E-state index contributed by atoms with van der Waals surface area (Å²) in [6.07, 6.45) is 5.19. The highest BCUT2D eigenvalue weighted by atomic mass is 16.6. The van der Waals surface area contributed by atoms with Crippen LogP contribution in [0, 0.1) is 0 Å². The van der Waals surface area contributed by atoms with E-state index in [2.05, 4.69) is 27.8 Å². The molecule has 1 aromatic carbocycles. The number of fused-ring (bicyclic) bond motifs is 1. The topological polar surface area (TPSA) is 63.2 Å². The molecule has 124 valence electrons. The van der Waals surface area contributed by atoms with Crippen molar-refractivity contribution in [1.29, 1.82) is 0 Å². The number of carbonyl (C=O) groups is 1. The highest BCUT2D eigenvalue weighted by Gasteiger charge is 2.15. The molecular formula is C18H25N3O2. The fourth-order valence-corrected chi connectivity index (χ4v) is 2.25. The molecule has 5 nitrogen and oxygen atoms in total.